The fourth-order valence-electron chi connectivity index (χ4n) is 19.8. The molecule has 3 aromatic heterocycles. The molecule has 0 saturated heterocycles. The number of nitrogens with zero attached hydrogens (tertiary/aromatic N) is 5. The molecule has 3 aliphatic rings. The zero-order valence-corrected chi connectivity index (χ0v) is 72.8. The average molecular weight is 1580 g/mol. The van der Waals surface area contributed by atoms with Gasteiger partial charge in [0.15, 0.2) is 0 Å². The summed E-state index contributed by atoms with van der Waals surface area (Å²) in [6, 6.07) is 91.9. The van der Waals surface area contributed by atoms with Crippen LogP contribution in [0, 0.1) is 0 Å². The van der Waals surface area contributed by atoms with Gasteiger partial charge in [0.2, 0.25) is 0 Å². The maximum Gasteiger partial charge on any atom is 0.0645 e. The lowest BCUT2D eigenvalue weighted by atomic mass is 9.74. The van der Waals surface area contributed by atoms with Gasteiger partial charge in [0.1, 0.15) is 0 Å². The van der Waals surface area contributed by atoms with Crippen LogP contribution < -0.4 is 9.80 Å². The predicted molar refractivity (Wildman–Crippen MR) is 517 cm³/mol. The highest BCUT2D eigenvalue weighted by molar-refractivity contribution is 6.14. The molecule has 15 aromatic carbocycles. The second-order valence-electron chi connectivity index (χ2n) is 40.4. The summed E-state index contributed by atoms with van der Waals surface area (Å²) in [5, 5.41) is 4.72. The molecular weight excluding hydrogens is 1460 g/mol. The summed E-state index contributed by atoms with van der Waals surface area (Å²) in [5.41, 5.74) is 31.9. The van der Waals surface area contributed by atoms with E-state index in [1.165, 1.54) is 44.2 Å². The van der Waals surface area contributed by atoms with E-state index in [9.17, 15) is 11.0 Å². The highest BCUT2D eigenvalue weighted by Gasteiger charge is 2.45. The van der Waals surface area contributed by atoms with Crippen molar-refractivity contribution in [3.05, 3.63) is 364 Å². The minimum atomic E-state index is -0.525. The minimum absolute atomic E-state index is 0.00341. The van der Waals surface area contributed by atoms with Gasteiger partial charge < -0.3 is 23.5 Å². The largest absolute Gasteiger partial charge is 0.309 e. The molecule has 5 heterocycles. The summed E-state index contributed by atoms with van der Waals surface area (Å²) in [7, 11) is 0. The molecule has 5 heteroatoms. The van der Waals surface area contributed by atoms with E-state index in [1.54, 1.807) is 4.57 Å². The maximum absolute atomic E-state index is 10.4. The number of para-hydroxylation sites is 2. The van der Waals surface area contributed by atoms with Gasteiger partial charge in [0.05, 0.1) is 89.6 Å². The molecule has 0 spiro atoms. The lowest BCUT2D eigenvalue weighted by Crippen LogP contribution is -2.30. The summed E-state index contributed by atoms with van der Waals surface area (Å²) in [4.78, 5) is 4.99. The van der Waals surface area contributed by atoms with Crippen LogP contribution in [0.3, 0.4) is 0 Å². The van der Waals surface area contributed by atoms with Crippen LogP contribution in [0.4, 0.5) is 34.1 Å². The third-order valence-corrected chi connectivity index (χ3v) is 26.4. The molecule has 2 aliphatic heterocycles. The van der Waals surface area contributed by atoms with Gasteiger partial charge in [0, 0.05) is 67.0 Å². The lowest BCUT2D eigenvalue weighted by molar-refractivity contribution is 0.590. The lowest BCUT2D eigenvalue weighted by Gasteiger charge is -2.46. The monoisotopic (exact) mass is 1580 g/mol. The quantitative estimate of drug-likeness (QED) is 0.151. The molecule has 0 bridgehead atoms. The number of hydrogen-bond donors (Lipinski definition) is 0. The van der Waals surface area contributed by atoms with Crippen LogP contribution in [0.2, 0.25) is 0 Å². The Morgan fingerprint density at radius 3 is 1.13 bits per heavy atom. The number of benzene rings is 15. The number of hydrogen-bond acceptors (Lipinski definition) is 2. The SMILES string of the molecule is [2H]c1c([2H])c([2H])c2c(c1[2H])c1c([2H])c([2H])c([2H])c([2H])c1n2-c1cc2c3c(c1)N(c1c(-c4ccccc4)cc(C(C)(C)C)cc1-c1ccccc1)c1cc(-c4cccc(C(C)(C)C)c4)ccc1C3c1ccc(-n3c4ccc(C(C)(C)C)cc4c4cc(C(C)(C)C)ccc43)cc1N2c1cccc2c1Cc1c-2cccc1-n1c2ccc(C(C)(C)C)cc2c2cc(C(C)(C)C)ccc21. The summed E-state index contributed by atoms with van der Waals surface area (Å²) in [6.45, 7) is 41.1. The van der Waals surface area contributed by atoms with Crippen LogP contribution in [0.15, 0.2) is 303 Å². The Balaban J connectivity index is 0.940. The minimum Gasteiger partial charge on any atom is -0.309 e. The highest BCUT2D eigenvalue weighted by Crippen LogP contribution is 2.65. The second-order valence-corrected chi connectivity index (χ2v) is 40.4. The van der Waals surface area contributed by atoms with Crippen LogP contribution >= 0.6 is 0 Å². The summed E-state index contributed by atoms with van der Waals surface area (Å²) >= 11 is 0. The Labute approximate surface area is 725 Å². The standard InChI is InChI=1S/C116H107N5/c1-111(2,3)74-37-29-36-72(58-74)73-46-52-86-104(59-73)121(110-88(70-32-21-19-22-33-70)64-79(116(16,17)18)65-89(110)71-34-23-20-24-35-71)107-68-81(118-96-42-27-25-38-84(96)85-39-26-28-43-97(85)118)67-106-109(107)108(86)87-53-51-80(117-100-54-47-75(112(4,5)6)60-90(100)91-61-76(113(7,8)9)48-55-101(91)117)66-105(87)120(106)99-45-31-41-83-82-40-30-44-98(94(82)69-95(83)99)119-102-56-49-77(114(10,11)12)62-92(102)93-63-78(115(13,14)15)50-57-103(93)119/h19-68,108H,69H2,1-18H3/i25D,26D,27D,28D,38D,39D,42D,43D. The van der Waals surface area contributed by atoms with E-state index >= 15 is 0 Å². The van der Waals surface area contributed by atoms with Gasteiger partial charge >= 0.3 is 0 Å². The molecule has 121 heavy (non-hydrogen) atoms. The molecule has 1 aliphatic carbocycles. The molecule has 0 radical (unpaired) electrons. The molecule has 596 valence electrons. The van der Waals surface area contributed by atoms with Crippen molar-refractivity contribution in [3.63, 3.8) is 0 Å². The smallest absolute Gasteiger partial charge is 0.0645 e. The van der Waals surface area contributed by atoms with Crippen molar-refractivity contribution in [3.8, 4) is 61.6 Å². The number of anilines is 6. The fourth-order valence-corrected chi connectivity index (χ4v) is 19.8. The first-order chi connectivity index (χ1) is 61.1. The first-order valence-electron chi connectivity index (χ1n) is 47.0. The summed E-state index contributed by atoms with van der Waals surface area (Å²) < 4.78 is 85.7. The summed E-state index contributed by atoms with van der Waals surface area (Å²) in [5.74, 6) is -0.525. The third-order valence-electron chi connectivity index (χ3n) is 26.4. The second kappa shape index (κ2) is 26.9. The molecule has 1 unspecified atom stereocenters. The van der Waals surface area contributed by atoms with E-state index in [1.807, 2.05) is 0 Å². The molecule has 21 rings (SSSR count). The molecule has 5 nitrogen and oxygen atoms in total. The Bertz CT molecular complexity index is 7590. The number of aromatic nitrogens is 3. The van der Waals surface area contributed by atoms with Crippen molar-refractivity contribution < 1.29 is 11.0 Å². The van der Waals surface area contributed by atoms with Gasteiger partial charge in [0.25, 0.3) is 0 Å². The zero-order valence-electron chi connectivity index (χ0n) is 80.8. The van der Waals surface area contributed by atoms with Crippen molar-refractivity contribution in [1.82, 2.24) is 13.7 Å². The topological polar surface area (TPSA) is 21.3 Å². The van der Waals surface area contributed by atoms with Gasteiger partial charge in [-0.2, -0.15) is 0 Å². The van der Waals surface area contributed by atoms with Crippen LogP contribution in [-0.4, -0.2) is 13.7 Å². The van der Waals surface area contributed by atoms with Crippen molar-refractivity contribution in [1.29, 1.82) is 0 Å². The molecule has 0 fully saturated rings. The van der Waals surface area contributed by atoms with E-state index in [4.69, 9.17) is 0 Å². The van der Waals surface area contributed by atoms with Crippen LogP contribution in [0.5, 0.6) is 0 Å². The predicted octanol–water partition coefficient (Wildman–Crippen LogP) is 32.1. The van der Waals surface area contributed by atoms with E-state index in [0.717, 1.165) is 151 Å². The van der Waals surface area contributed by atoms with Crippen LogP contribution in [-0.2, 0) is 38.9 Å². The van der Waals surface area contributed by atoms with Gasteiger partial charge in [-0.1, -0.05) is 313 Å². The van der Waals surface area contributed by atoms with Crippen molar-refractivity contribution >= 4 is 99.5 Å². The molecule has 0 N–H and O–H groups in total. The third kappa shape index (κ3) is 12.1. The Kier molecular flexibility index (Phi) is 14.9. The highest BCUT2D eigenvalue weighted by atomic mass is 15.2. The van der Waals surface area contributed by atoms with Gasteiger partial charge in [-0.05, 0) is 237 Å². The zero-order chi connectivity index (χ0) is 90.6. The van der Waals surface area contributed by atoms with E-state index in [0.29, 0.717) is 12.1 Å². The fraction of sp³-hybridized carbons (Fsp3) is 0.224. The Morgan fingerprint density at radius 2 is 0.645 bits per heavy atom. The number of fused-ring (bicyclic) bond motifs is 16. The normalized spacial score (nSPS) is 15.1. The van der Waals surface area contributed by atoms with E-state index in [2.05, 4.69) is 398 Å². The van der Waals surface area contributed by atoms with E-state index in [-0.39, 0.29) is 66.4 Å². The molecular formula is C116H107N5. The van der Waals surface area contributed by atoms with Gasteiger partial charge in [-0.15, -0.1) is 0 Å². The van der Waals surface area contributed by atoms with Gasteiger partial charge in [-0.3, -0.25) is 0 Å². The first-order valence-corrected chi connectivity index (χ1v) is 43.0. The van der Waals surface area contributed by atoms with Crippen LogP contribution in [0.25, 0.3) is 127 Å². The Morgan fingerprint density at radius 1 is 0.256 bits per heavy atom. The number of rotatable bonds is 8. The summed E-state index contributed by atoms with van der Waals surface area (Å²) in [6.07, 6.45) is 0.530. The van der Waals surface area contributed by atoms with Gasteiger partial charge in [-0.25, -0.2) is 0 Å². The molecule has 18 aromatic rings. The van der Waals surface area contributed by atoms with Crippen molar-refractivity contribution in [2.75, 3.05) is 9.80 Å². The molecule has 1 atom stereocenters. The molecule has 0 saturated carbocycles. The van der Waals surface area contributed by atoms with Crippen molar-refractivity contribution in [2.45, 2.75) is 169 Å². The van der Waals surface area contributed by atoms with E-state index < -0.39 is 42.2 Å². The van der Waals surface area contributed by atoms with Crippen molar-refractivity contribution in [2.24, 2.45) is 0 Å². The average Bonchev–Trinajstić information content (AvgIpc) is 1.68. The maximum atomic E-state index is 10.4. The Hall–Kier alpha value is -12.7. The van der Waals surface area contributed by atoms with Crippen LogP contribution in [0.1, 0.15) is 203 Å². The first kappa shape index (κ1) is 67.1. The molecule has 0 amide bonds.